The van der Waals surface area contributed by atoms with Crippen LogP contribution in [0.3, 0.4) is 0 Å². The highest BCUT2D eigenvalue weighted by Gasteiger charge is 2.28. The fourth-order valence-electron chi connectivity index (χ4n) is 2.89. The lowest BCUT2D eigenvalue weighted by atomic mass is 9.87. The minimum atomic E-state index is 0.192. The van der Waals surface area contributed by atoms with E-state index in [1.165, 1.54) is 51.6 Å². The Morgan fingerprint density at radius 1 is 1.24 bits per heavy atom. The Bertz CT molecular complexity index is 255. The molecule has 0 unspecified atom stereocenters. The molecule has 0 spiro atoms. The van der Waals surface area contributed by atoms with E-state index in [0.717, 1.165) is 18.5 Å². The van der Waals surface area contributed by atoms with E-state index in [1.54, 1.807) is 6.92 Å². The van der Waals surface area contributed by atoms with Crippen molar-refractivity contribution in [2.24, 2.45) is 5.92 Å². The van der Waals surface area contributed by atoms with E-state index in [1.807, 2.05) is 11.9 Å². The molecular weight excluding hydrogens is 212 g/mol. The molecule has 2 fully saturated rings. The van der Waals surface area contributed by atoms with Crippen LogP contribution in [-0.2, 0) is 4.79 Å². The molecule has 0 N–H and O–H groups in total. The van der Waals surface area contributed by atoms with E-state index in [2.05, 4.69) is 4.90 Å². The minimum Gasteiger partial charge on any atom is -0.346 e. The summed E-state index contributed by atoms with van der Waals surface area (Å²) in [6.45, 7) is 5.17. The first-order chi connectivity index (χ1) is 8.16. The Morgan fingerprint density at radius 2 is 1.88 bits per heavy atom. The topological polar surface area (TPSA) is 23.6 Å². The maximum atomic E-state index is 11.1. The van der Waals surface area contributed by atoms with Crippen molar-refractivity contribution in [3.8, 4) is 0 Å². The van der Waals surface area contributed by atoms with Gasteiger partial charge in [-0.1, -0.05) is 6.42 Å². The zero-order valence-corrected chi connectivity index (χ0v) is 11.3. The van der Waals surface area contributed by atoms with Crippen molar-refractivity contribution in [3.63, 3.8) is 0 Å². The quantitative estimate of drug-likeness (QED) is 0.749. The van der Waals surface area contributed by atoms with E-state index < -0.39 is 0 Å². The van der Waals surface area contributed by atoms with Gasteiger partial charge >= 0.3 is 0 Å². The van der Waals surface area contributed by atoms with Gasteiger partial charge in [0.05, 0.1) is 0 Å². The van der Waals surface area contributed by atoms with E-state index in [9.17, 15) is 4.79 Å². The first-order valence-corrected chi connectivity index (χ1v) is 7.12. The van der Waals surface area contributed by atoms with Crippen molar-refractivity contribution in [3.05, 3.63) is 0 Å². The molecule has 3 heteroatoms. The number of nitrogens with zero attached hydrogens (tertiary/aromatic N) is 2. The molecule has 1 heterocycles. The van der Waals surface area contributed by atoms with Crippen molar-refractivity contribution in [1.29, 1.82) is 0 Å². The number of amides is 1. The molecule has 0 aromatic rings. The molecule has 0 bridgehead atoms. The summed E-state index contributed by atoms with van der Waals surface area (Å²) >= 11 is 0. The summed E-state index contributed by atoms with van der Waals surface area (Å²) < 4.78 is 0. The van der Waals surface area contributed by atoms with Crippen molar-refractivity contribution >= 4 is 5.91 Å². The number of hydrogen-bond donors (Lipinski definition) is 0. The van der Waals surface area contributed by atoms with E-state index in [-0.39, 0.29) is 5.91 Å². The van der Waals surface area contributed by atoms with E-state index >= 15 is 0 Å². The van der Waals surface area contributed by atoms with Crippen LogP contribution in [-0.4, -0.2) is 48.4 Å². The Balaban J connectivity index is 1.63. The summed E-state index contributed by atoms with van der Waals surface area (Å²) in [5.74, 6) is 1.03. The average Bonchev–Trinajstić information content (AvgIpc) is 2.25. The predicted molar refractivity (Wildman–Crippen MR) is 69.9 cm³/mol. The zero-order valence-electron chi connectivity index (χ0n) is 11.3. The second kappa shape index (κ2) is 5.85. The van der Waals surface area contributed by atoms with Gasteiger partial charge in [0.25, 0.3) is 0 Å². The molecule has 0 aromatic carbocycles. The second-order valence-electron chi connectivity index (χ2n) is 5.79. The third kappa shape index (κ3) is 3.44. The normalized spacial score (nSPS) is 23.4. The molecule has 2 rings (SSSR count). The summed E-state index contributed by atoms with van der Waals surface area (Å²) in [6.07, 6.45) is 8.16. The molecule has 3 nitrogen and oxygen atoms in total. The van der Waals surface area contributed by atoms with Crippen LogP contribution in [0.5, 0.6) is 0 Å². The highest BCUT2D eigenvalue weighted by Crippen LogP contribution is 2.29. The third-order valence-corrected chi connectivity index (χ3v) is 4.65. The molecule has 0 radical (unpaired) electrons. The average molecular weight is 238 g/mol. The highest BCUT2D eigenvalue weighted by molar-refractivity contribution is 5.72. The Hall–Kier alpha value is -0.570. The van der Waals surface area contributed by atoms with E-state index in [4.69, 9.17) is 0 Å². The first-order valence-electron chi connectivity index (χ1n) is 7.12. The van der Waals surface area contributed by atoms with Crippen LogP contribution >= 0.6 is 0 Å². The molecule has 1 saturated carbocycles. The van der Waals surface area contributed by atoms with Gasteiger partial charge in [0, 0.05) is 26.6 Å². The van der Waals surface area contributed by atoms with Gasteiger partial charge in [-0.05, 0) is 51.1 Å². The van der Waals surface area contributed by atoms with Gasteiger partial charge in [0.2, 0.25) is 5.91 Å². The van der Waals surface area contributed by atoms with Crippen molar-refractivity contribution in [2.75, 3.05) is 26.7 Å². The zero-order chi connectivity index (χ0) is 12.3. The number of carbonyl (C=O) groups is 1. The molecule has 2 aliphatic rings. The number of piperidine rings is 1. The van der Waals surface area contributed by atoms with Crippen LogP contribution < -0.4 is 0 Å². The molecule has 17 heavy (non-hydrogen) atoms. The van der Waals surface area contributed by atoms with Gasteiger partial charge < -0.3 is 9.80 Å². The van der Waals surface area contributed by atoms with Crippen molar-refractivity contribution in [1.82, 2.24) is 9.80 Å². The molecule has 1 saturated heterocycles. The van der Waals surface area contributed by atoms with Gasteiger partial charge in [0.15, 0.2) is 0 Å². The fraction of sp³-hybridized carbons (Fsp3) is 0.929. The molecule has 1 amide bonds. The van der Waals surface area contributed by atoms with Gasteiger partial charge in [-0.25, -0.2) is 0 Å². The largest absolute Gasteiger partial charge is 0.346 e. The first kappa shape index (κ1) is 12.9. The summed E-state index contributed by atoms with van der Waals surface area (Å²) in [4.78, 5) is 15.7. The van der Waals surface area contributed by atoms with E-state index in [0.29, 0.717) is 0 Å². The van der Waals surface area contributed by atoms with Crippen molar-refractivity contribution < 1.29 is 4.79 Å². The monoisotopic (exact) mass is 238 g/mol. The van der Waals surface area contributed by atoms with Gasteiger partial charge in [-0.2, -0.15) is 0 Å². The minimum absolute atomic E-state index is 0.192. The van der Waals surface area contributed by atoms with Crippen LogP contribution in [0.2, 0.25) is 0 Å². The molecule has 1 aliphatic carbocycles. The molecule has 1 aliphatic heterocycles. The SMILES string of the molecule is CC(=O)N(C)CCC1CCN(C2CCC2)CC1. The maximum Gasteiger partial charge on any atom is 0.219 e. The lowest BCUT2D eigenvalue weighted by molar-refractivity contribution is -0.127. The van der Waals surface area contributed by atoms with Crippen LogP contribution in [0.25, 0.3) is 0 Å². The Labute approximate surface area is 105 Å². The van der Waals surface area contributed by atoms with Crippen LogP contribution in [0.15, 0.2) is 0 Å². The maximum absolute atomic E-state index is 11.1. The highest BCUT2D eigenvalue weighted by atomic mass is 16.2. The summed E-state index contributed by atoms with van der Waals surface area (Å²) in [6, 6.07) is 0.913. The van der Waals surface area contributed by atoms with Gasteiger partial charge in [0.1, 0.15) is 0 Å². The Kier molecular flexibility index (Phi) is 4.43. The predicted octanol–water partition coefficient (Wildman–Crippen LogP) is 2.12. The van der Waals surface area contributed by atoms with Crippen LogP contribution in [0, 0.1) is 5.92 Å². The van der Waals surface area contributed by atoms with Crippen LogP contribution in [0.4, 0.5) is 0 Å². The summed E-state index contributed by atoms with van der Waals surface area (Å²) in [7, 11) is 1.91. The smallest absolute Gasteiger partial charge is 0.219 e. The molecule has 0 aromatic heterocycles. The number of carbonyl (C=O) groups excluding carboxylic acids is 1. The van der Waals surface area contributed by atoms with Crippen LogP contribution in [0.1, 0.15) is 45.4 Å². The number of likely N-dealkylation sites (tertiary alicyclic amines) is 1. The van der Waals surface area contributed by atoms with Gasteiger partial charge in [-0.3, -0.25) is 4.79 Å². The number of hydrogen-bond acceptors (Lipinski definition) is 2. The Morgan fingerprint density at radius 3 is 2.35 bits per heavy atom. The number of rotatable bonds is 4. The lowest BCUT2D eigenvalue weighted by Crippen LogP contribution is -2.45. The fourth-order valence-corrected chi connectivity index (χ4v) is 2.89. The lowest BCUT2D eigenvalue weighted by Gasteiger charge is -2.42. The summed E-state index contributed by atoms with van der Waals surface area (Å²) in [5, 5.41) is 0. The second-order valence-corrected chi connectivity index (χ2v) is 5.79. The standard InChI is InChI=1S/C14H26N2O/c1-12(17)15(2)9-6-13-7-10-16(11-8-13)14-4-3-5-14/h13-14H,3-11H2,1-2H3. The van der Waals surface area contributed by atoms with Gasteiger partial charge in [-0.15, -0.1) is 0 Å². The molecule has 0 atom stereocenters. The molecule has 98 valence electrons. The molecular formula is C14H26N2O. The van der Waals surface area contributed by atoms with Crippen molar-refractivity contribution in [2.45, 2.75) is 51.5 Å². The third-order valence-electron chi connectivity index (χ3n) is 4.65. The summed E-state index contributed by atoms with van der Waals surface area (Å²) in [5.41, 5.74) is 0.